The van der Waals surface area contributed by atoms with Gasteiger partial charge in [0.25, 0.3) is 5.91 Å². The Hall–Kier alpha value is -3.67. The molecule has 0 unspecified atom stereocenters. The van der Waals surface area contributed by atoms with Gasteiger partial charge in [-0.25, -0.2) is 9.78 Å². The molecule has 6 heteroatoms. The van der Waals surface area contributed by atoms with E-state index in [9.17, 15) is 9.59 Å². The summed E-state index contributed by atoms with van der Waals surface area (Å²) in [6.07, 6.45) is 9.94. The summed E-state index contributed by atoms with van der Waals surface area (Å²) < 4.78 is 4.82. The summed E-state index contributed by atoms with van der Waals surface area (Å²) in [6.45, 7) is 0. The third kappa shape index (κ3) is 4.25. The van der Waals surface area contributed by atoms with Crippen molar-refractivity contribution in [1.29, 1.82) is 0 Å². The maximum atomic E-state index is 12.9. The average Bonchev–Trinajstić information content (AvgIpc) is 2.88. The van der Waals surface area contributed by atoms with E-state index in [-0.39, 0.29) is 5.91 Å². The number of anilines is 3. The van der Waals surface area contributed by atoms with Gasteiger partial charge in [-0.1, -0.05) is 12.1 Å². The lowest BCUT2D eigenvalue weighted by molar-refractivity contribution is -0.00518. The van der Waals surface area contributed by atoms with E-state index < -0.39 is 5.97 Å². The van der Waals surface area contributed by atoms with Gasteiger partial charge >= 0.3 is 5.97 Å². The minimum atomic E-state index is -0.462. The smallest absolute Gasteiger partial charge is 0.341 e. The highest BCUT2D eigenvalue weighted by molar-refractivity contribution is 6.04. The van der Waals surface area contributed by atoms with E-state index in [4.69, 9.17) is 4.74 Å². The van der Waals surface area contributed by atoms with Crippen LogP contribution >= 0.6 is 0 Å². The van der Waals surface area contributed by atoms with E-state index in [0.29, 0.717) is 22.4 Å². The Balaban J connectivity index is 1.11. The van der Waals surface area contributed by atoms with E-state index >= 15 is 0 Å². The average molecular weight is 482 g/mol. The van der Waals surface area contributed by atoms with Crippen molar-refractivity contribution in [2.24, 2.45) is 17.8 Å². The lowest BCUT2D eigenvalue weighted by Gasteiger charge is -2.57. The minimum absolute atomic E-state index is 0.155. The standard InChI is InChI=1S/C30H31N3O3/c1-36-29(35)26-3-2-12-31-27(26)32-24-8-4-22(5-9-24)28(34)33-25-10-6-23(7-11-25)30-16-19-13-20(17-30)15-21(14-19)18-30/h2-12,19-21H,13-18H2,1H3,(H,31,32)(H,33,34). The Morgan fingerprint density at radius 3 is 2.08 bits per heavy atom. The van der Waals surface area contributed by atoms with Gasteiger partial charge in [0, 0.05) is 23.1 Å². The molecule has 0 saturated heterocycles. The van der Waals surface area contributed by atoms with Crippen LogP contribution in [-0.2, 0) is 10.2 Å². The van der Waals surface area contributed by atoms with Crippen LogP contribution in [0.25, 0.3) is 0 Å². The van der Waals surface area contributed by atoms with Crippen LogP contribution in [0.3, 0.4) is 0 Å². The number of aromatic nitrogens is 1. The van der Waals surface area contributed by atoms with E-state index in [1.807, 2.05) is 0 Å². The number of benzene rings is 2. The molecule has 0 spiro atoms. The molecule has 2 N–H and O–H groups in total. The summed E-state index contributed by atoms with van der Waals surface area (Å²) in [4.78, 5) is 29.1. The monoisotopic (exact) mass is 481 g/mol. The van der Waals surface area contributed by atoms with Crippen molar-refractivity contribution in [1.82, 2.24) is 4.98 Å². The molecular formula is C30H31N3O3. The van der Waals surface area contributed by atoms with Gasteiger partial charge in [-0.3, -0.25) is 4.79 Å². The fraction of sp³-hybridized carbons (Fsp3) is 0.367. The first kappa shape index (κ1) is 22.8. The zero-order chi connectivity index (χ0) is 24.7. The van der Waals surface area contributed by atoms with Gasteiger partial charge in [-0.05, 0) is 116 Å². The van der Waals surface area contributed by atoms with E-state index in [1.54, 1.807) is 42.6 Å². The van der Waals surface area contributed by atoms with Gasteiger partial charge in [0.15, 0.2) is 0 Å². The Bertz CT molecular complexity index is 1250. The van der Waals surface area contributed by atoms with Crippen molar-refractivity contribution >= 4 is 29.1 Å². The third-order valence-electron chi connectivity index (χ3n) is 8.42. The van der Waals surface area contributed by atoms with Crippen molar-refractivity contribution < 1.29 is 14.3 Å². The summed E-state index contributed by atoms with van der Waals surface area (Å²) in [5.41, 5.74) is 4.25. The number of carbonyl (C=O) groups is 2. The number of esters is 1. The first-order valence-corrected chi connectivity index (χ1v) is 12.8. The summed E-state index contributed by atoms with van der Waals surface area (Å²) in [6, 6.07) is 19.0. The van der Waals surface area contributed by atoms with Gasteiger partial charge in [0.1, 0.15) is 11.4 Å². The number of hydrogen-bond donors (Lipinski definition) is 2. The highest BCUT2D eigenvalue weighted by atomic mass is 16.5. The summed E-state index contributed by atoms with van der Waals surface area (Å²) >= 11 is 0. The normalized spacial score (nSPS) is 25.9. The van der Waals surface area contributed by atoms with Crippen molar-refractivity contribution in [2.75, 3.05) is 17.7 Å². The Morgan fingerprint density at radius 1 is 0.861 bits per heavy atom. The molecule has 2 aromatic carbocycles. The predicted molar refractivity (Wildman–Crippen MR) is 140 cm³/mol. The van der Waals surface area contributed by atoms with Gasteiger partial charge in [0.05, 0.1) is 7.11 Å². The Morgan fingerprint density at radius 2 is 1.47 bits per heavy atom. The summed E-state index contributed by atoms with van der Waals surface area (Å²) in [5.74, 6) is 2.53. The molecule has 7 rings (SSSR count). The second-order valence-electron chi connectivity index (χ2n) is 10.8. The van der Waals surface area contributed by atoms with Crippen molar-refractivity contribution in [3.05, 3.63) is 83.6 Å². The number of nitrogens with one attached hydrogen (secondary N) is 2. The van der Waals surface area contributed by atoms with Crippen LogP contribution in [0.1, 0.15) is 64.8 Å². The highest BCUT2D eigenvalue weighted by Gasteiger charge is 2.51. The Kier molecular flexibility index (Phi) is 5.75. The van der Waals surface area contributed by atoms with Crippen molar-refractivity contribution in [2.45, 2.75) is 43.9 Å². The zero-order valence-electron chi connectivity index (χ0n) is 20.5. The molecule has 184 valence electrons. The minimum Gasteiger partial charge on any atom is -0.465 e. The molecule has 36 heavy (non-hydrogen) atoms. The first-order chi connectivity index (χ1) is 17.5. The molecule has 6 nitrogen and oxygen atoms in total. The predicted octanol–water partition coefficient (Wildman–Crippen LogP) is 6.33. The molecule has 0 radical (unpaired) electrons. The van der Waals surface area contributed by atoms with Crippen LogP contribution in [0.2, 0.25) is 0 Å². The fourth-order valence-electron chi connectivity index (χ4n) is 7.20. The molecule has 1 aromatic heterocycles. The molecule has 4 aliphatic rings. The number of pyridine rings is 1. The molecule has 1 amide bonds. The molecule has 4 fully saturated rings. The third-order valence-corrected chi connectivity index (χ3v) is 8.42. The summed E-state index contributed by atoms with van der Waals surface area (Å²) in [7, 11) is 1.34. The second kappa shape index (κ2) is 9.08. The van der Waals surface area contributed by atoms with Crippen LogP contribution in [-0.4, -0.2) is 24.0 Å². The van der Waals surface area contributed by atoms with Crippen LogP contribution in [0.5, 0.6) is 0 Å². The van der Waals surface area contributed by atoms with Crippen molar-refractivity contribution in [3.8, 4) is 0 Å². The lowest BCUT2D eigenvalue weighted by atomic mass is 9.48. The molecule has 3 aromatic rings. The number of carbonyl (C=O) groups excluding carboxylic acids is 2. The molecule has 4 aliphatic carbocycles. The van der Waals surface area contributed by atoms with Crippen LogP contribution in [0.4, 0.5) is 17.2 Å². The zero-order valence-corrected chi connectivity index (χ0v) is 20.5. The van der Waals surface area contributed by atoms with Crippen LogP contribution in [0, 0.1) is 17.8 Å². The van der Waals surface area contributed by atoms with Gasteiger partial charge in [0.2, 0.25) is 0 Å². The van der Waals surface area contributed by atoms with Gasteiger partial charge in [-0.2, -0.15) is 0 Å². The van der Waals surface area contributed by atoms with E-state index in [2.05, 4.69) is 39.9 Å². The molecular weight excluding hydrogens is 450 g/mol. The molecule has 1 heterocycles. The van der Waals surface area contributed by atoms with Gasteiger partial charge in [-0.15, -0.1) is 0 Å². The number of methoxy groups -OCH3 is 1. The summed E-state index contributed by atoms with van der Waals surface area (Å²) in [5, 5.41) is 6.15. The van der Waals surface area contributed by atoms with Crippen LogP contribution in [0.15, 0.2) is 66.9 Å². The second-order valence-corrected chi connectivity index (χ2v) is 10.8. The highest BCUT2D eigenvalue weighted by Crippen LogP contribution is 2.60. The van der Waals surface area contributed by atoms with Gasteiger partial charge < -0.3 is 15.4 Å². The first-order valence-electron chi connectivity index (χ1n) is 12.8. The number of ether oxygens (including phenoxy) is 1. The van der Waals surface area contributed by atoms with E-state index in [0.717, 1.165) is 29.1 Å². The number of amides is 1. The molecule has 4 saturated carbocycles. The van der Waals surface area contributed by atoms with Crippen molar-refractivity contribution in [3.63, 3.8) is 0 Å². The quantitative estimate of drug-likeness (QED) is 0.402. The number of hydrogen-bond acceptors (Lipinski definition) is 5. The maximum absolute atomic E-state index is 12.9. The lowest BCUT2D eigenvalue weighted by Crippen LogP contribution is -2.48. The SMILES string of the molecule is COC(=O)c1cccnc1Nc1ccc(C(=O)Nc2ccc(C34CC5CC(CC(C5)C3)C4)cc2)cc1. The Labute approximate surface area is 211 Å². The molecule has 4 bridgehead atoms. The number of nitrogens with zero attached hydrogens (tertiary/aromatic N) is 1. The topological polar surface area (TPSA) is 80.3 Å². The maximum Gasteiger partial charge on any atom is 0.341 e. The fourth-order valence-corrected chi connectivity index (χ4v) is 7.20. The molecule has 0 aliphatic heterocycles. The van der Waals surface area contributed by atoms with Crippen LogP contribution < -0.4 is 10.6 Å². The largest absolute Gasteiger partial charge is 0.465 e. The number of rotatable bonds is 6. The molecule has 0 atom stereocenters. The van der Waals surface area contributed by atoms with E-state index in [1.165, 1.54) is 51.2 Å².